The molecule has 152 valence electrons. The molecule has 6 nitrogen and oxygen atoms in total. The van der Waals surface area contributed by atoms with Crippen LogP contribution in [0, 0.1) is 0 Å². The van der Waals surface area contributed by atoms with Crippen molar-refractivity contribution in [1.82, 2.24) is 4.90 Å². The molecule has 0 fully saturated rings. The SMILES string of the molecule is CC(=O)Nc1ccc(CC(=O)OCC(=O)N(C)[C@H]2CCCc3ccccc32)cc1. The number of benzene rings is 2. The van der Waals surface area contributed by atoms with Gasteiger partial charge in [0, 0.05) is 19.7 Å². The molecule has 1 N–H and O–H groups in total. The number of hydrogen-bond donors (Lipinski definition) is 1. The van der Waals surface area contributed by atoms with E-state index in [1.807, 2.05) is 12.1 Å². The fourth-order valence-corrected chi connectivity index (χ4v) is 3.68. The predicted octanol–water partition coefficient (Wildman–Crippen LogP) is 3.27. The van der Waals surface area contributed by atoms with Gasteiger partial charge < -0.3 is 15.0 Å². The van der Waals surface area contributed by atoms with Crippen molar-refractivity contribution in [2.75, 3.05) is 19.0 Å². The topological polar surface area (TPSA) is 75.7 Å². The van der Waals surface area contributed by atoms with Crippen LogP contribution in [0.25, 0.3) is 0 Å². The van der Waals surface area contributed by atoms with Gasteiger partial charge in [-0.3, -0.25) is 14.4 Å². The lowest BCUT2D eigenvalue weighted by Gasteiger charge is -2.33. The van der Waals surface area contributed by atoms with E-state index in [0.717, 1.165) is 24.8 Å². The molecular formula is C23H26N2O4. The van der Waals surface area contributed by atoms with E-state index in [0.29, 0.717) is 5.69 Å². The van der Waals surface area contributed by atoms with Gasteiger partial charge in [0.1, 0.15) is 0 Å². The van der Waals surface area contributed by atoms with Crippen molar-refractivity contribution in [2.24, 2.45) is 0 Å². The van der Waals surface area contributed by atoms with Gasteiger partial charge in [0.05, 0.1) is 12.5 Å². The minimum absolute atomic E-state index is 0.0208. The third-order valence-corrected chi connectivity index (χ3v) is 5.18. The Hall–Kier alpha value is -3.15. The second kappa shape index (κ2) is 9.37. The quantitative estimate of drug-likeness (QED) is 0.763. The number of fused-ring (bicyclic) bond motifs is 1. The monoisotopic (exact) mass is 394 g/mol. The molecule has 0 unspecified atom stereocenters. The Labute approximate surface area is 170 Å². The van der Waals surface area contributed by atoms with Crippen molar-refractivity contribution in [3.05, 3.63) is 65.2 Å². The van der Waals surface area contributed by atoms with Crippen LogP contribution in [0.1, 0.15) is 42.5 Å². The lowest BCUT2D eigenvalue weighted by Crippen LogP contribution is -2.36. The minimum atomic E-state index is -0.455. The number of nitrogens with one attached hydrogen (secondary N) is 1. The van der Waals surface area contributed by atoms with E-state index in [1.54, 1.807) is 36.2 Å². The van der Waals surface area contributed by atoms with Gasteiger partial charge in [-0.15, -0.1) is 0 Å². The second-order valence-corrected chi connectivity index (χ2v) is 7.33. The maximum absolute atomic E-state index is 12.6. The summed E-state index contributed by atoms with van der Waals surface area (Å²) in [6.07, 6.45) is 3.05. The van der Waals surface area contributed by atoms with Crippen LogP contribution in [0.5, 0.6) is 0 Å². The van der Waals surface area contributed by atoms with E-state index < -0.39 is 5.97 Å². The summed E-state index contributed by atoms with van der Waals surface area (Å²) in [7, 11) is 1.77. The molecule has 0 saturated heterocycles. The standard InChI is InChI=1S/C23H26N2O4/c1-16(26)24-19-12-10-17(11-13-19)14-23(28)29-15-22(27)25(2)21-9-5-7-18-6-3-4-8-20(18)21/h3-4,6,8,10-13,21H,5,7,9,14-15H2,1-2H3,(H,24,26)/t21-/m0/s1. The molecule has 1 aliphatic rings. The van der Waals surface area contributed by atoms with Gasteiger partial charge in [0.25, 0.3) is 5.91 Å². The average molecular weight is 394 g/mol. The van der Waals surface area contributed by atoms with E-state index in [-0.39, 0.29) is 30.9 Å². The van der Waals surface area contributed by atoms with Gasteiger partial charge in [0.2, 0.25) is 5.91 Å². The number of likely N-dealkylation sites (N-methyl/N-ethyl adjacent to an activating group) is 1. The Morgan fingerprint density at radius 3 is 2.55 bits per heavy atom. The molecule has 1 atom stereocenters. The molecule has 2 aromatic carbocycles. The number of esters is 1. The minimum Gasteiger partial charge on any atom is -0.455 e. The van der Waals surface area contributed by atoms with Crippen molar-refractivity contribution in [3.8, 4) is 0 Å². The zero-order chi connectivity index (χ0) is 20.8. The molecule has 0 aromatic heterocycles. The van der Waals surface area contributed by atoms with E-state index in [9.17, 15) is 14.4 Å². The molecule has 2 amide bonds. The third kappa shape index (κ3) is 5.44. The summed E-state index contributed by atoms with van der Waals surface area (Å²) in [5.74, 6) is -0.815. The van der Waals surface area contributed by atoms with Crippen LogP contribution < -0.4 is 5.32 Å². The number of carbonyl (C=O) groups excluding carboxylic acids is 3. The summed E-state index contributed by atoms with van der Waals surface area (Å²) in [5, 5.41) is 2.67. The summed E-state index contributed by atoms with van der Waals surface area (Å²) in [6, 6.07) is 15.2. The smallest absolute Gasteiger partial charge is 0.310 e. The Balaban J connectivity index is 1.51. The Morgan fingerprint density at radius 1 is 1.10 bits per heavy atom. The number of aryl methyl sites for hydroxylation is 1. The summed E-state index contributed by atoms with van der Waals surface area (Å²) in [4.78, 5) is 37.4. The van der Waals surface area contributed by atoms with Gasteiger partial charge in [-0.25, -0.2) is 0 Å². The van der Waals surface area contributed by atoms with Crippen LogP contribution in [0.4, 0.5) is 5.69 Å². The Morgan fingerprint density at radius 2 is 1.83 bits per heavy atom. The molecule has 2 aromatic rings. The molecule has 6 heteroatoms. The summed E-state index contributed by atoms with van der Waals surface area (Å²) in [6.45, 7) is 1.17. The third-order valence-electron chi connectivity index (χ3n) is 5.18. The molecule has 1 aliphatic carbocycles. The van der Waals surface area contributed by atoms with E-state index in [4.69, 9.17) is 4.74 Å². The average Bonchev–Trinajstić information content (AvgIpc) is 2.72. The number of ether oxygens (including phenoxy) is 1. The molecule has 29 heavy (non-hydrogen) atoms. The van der Waals surface area contributed by atoms with E-state index in [1.165, 1.54) is 18.1 Å². The van der Waals surface area contributed by atoms with Crippen LogP contribution >= 0.6 is 0 Å². The largest absolute Gasteiger partial charge is 0.455 e. The highest BCUT2D eigenvalue weighted by atomic mass is 16.5. The number of hydrogen-bond acceptors (Lipinski definition) is 4. The van der Waals surface area contributed by atoms with Crippen molar-refractivity contribution >= 4 is 23.5 Å². The Bertz CT molecular complexity index is 892. The fraction of sp³-hybridized carbons (Fsp3) is 0.348. The zero-order valence-electron chi connectivity index (χ0n) is 16.8. The number of amides is 2. The van der Waals surface area contributed by atoms with Crippen molar-refractivity contribution in [2.45, 2.75) is 38.6 Å². The first-order chi connectivity index (χ1) is 13.9. The zero-order valence-corrected chi connectivity index (χ0v) is 16.8. The normalized spacial score (nSPS) is 15.2. The molecular weight excluding hydrogens is 368 g/mol. The van der Waals surface area contributed by atoms with Gasteiger partial charge in [0.15, 0.2) is 6.61 Å². The van der Waals surface area contributed by atoms with Crippen LogP contribution in [0.2, 0.25) is 0 Å². The first-order valence-electron chi connectivity index (χ1n) is 9.79. The van der Waals surface area contributed by atoms with Crippen molar-refractivity contribution in [1.29, 1.82) is 0 Å². The first-order valence-corrected chi connectivity index (χ1v) is 9.79. The molecule has 0 heterocycles. The molecule has 3 rings (SSSR count). The number of rotatable bonds is 6. The molecule has 0 aliphatic heterocycles. The lowest BCUT2D eigenvalue weighted by atomic mass is 9.87. The summed E-state index contributed by atoms with van der Waals surface area (Å²) < 4.78 is 5.20. The summed E-state index contributed by atoms with van der Waals surface area (Å²) in [5.41, 5.74) is 3.88. The van der Waals surface area contributed by atoms with Gasteiger partial charge in [-0.1, -0.05) is 36.4 Å². The van der Waals surface area contributed by atoms with Crippen LogP contribution in [-0.4, -0.2) is 36.3 Å². The van der Waals surface area contributed by atoms with Crippen LogP contribution in [0.3, 0.4) is 0 Å². The number of carbonyl (C=O) groups is 3. The number of nitrogens with zero attached hydrogens (tertiary/aromatic N) is 1. The van der Waals surface area contributed by atoms with E-state index >= 15 is 0 Å². The highest BCUT2D eigenvalue weighted by Crippen LogP contribution is 2.33. The van der Waals surface area contributed by atoms with E-state index in [2.05, 4.69) is 17.4 Å². The van der Waals surface area contributed by atoms with Gasteiger partial charge >= 0.3 is 5.97 Å². The van der Waals surface area contributed by atoms with Crippen molar-refractivity contribution < 1.29 is 19.1 Å². The Kier molecular flexibility index (Phi) is 6.65. The molecule has 0 spiro atoms. The molecule has 0 saturated carbocycles. The second-order valence-electron chi connectivity index (χ2n) is 7.33. The highest BCUT2D eigenvalue weighted by Gasteiger charge is 2.26. The number of anilines is 1. The lowest BCUT2D eigenvalue weighted by molar-refractivity contribution is -0.152. The molecule has 0 radical (unpaired) electrons. The molecule has 0 bridgehead atoms. The predicted molar refractivity (Wildman–Crippen MR) is 110 cm³/mol. The maximum Gasteiger partial charge on any atom is 0.310 e. The first kappa shape index (κ1) is 20.6. The van der Waals surface area contributed by atoms with Gasteiger partial charge in [-0.2, -0.15) is 0 Å². The maximum atomic E-state index is 12.6. The highest BCUT2D eigenvalue weighted by molar-refractivity contribution is 5.88. The fourth-order valence-electron chi connectivity index (χ4n) is 3.68. The van der Waals surface area contributed by atoms with Crippen molar-refractivity contribution in [3.63, 3.8) is 0 Å². The van der Waals surface area contributed by atoms with Crippen LogP contribution in [-0.2, 0) is 32.0 Å². The van der Waals surface area contributed by atoms with Gasteiger partial charge in [-0.05, 0) is 48.1 Å². The van der Waals surface area contributed by atoms with Crippen LogP contribution in [0.15, 0.2) is 48.5 Å². The summed E-state index contributed by atoms with van der Waals surface area (Å²) >= 11 is 0.